The molecule has 1 aromatic carbocycles. The number of nitrogens with two attached hydrogens (primary N) is 1. The number of hydrogen-bond acceptors (Lipinski definition) is 6. The Kier molecular flexibility index (Phi) is 7.85. The standard InChI is InChI=1S/C24H31IN8O2/c1-4-32-18-7-6-16(24(35)31-10-8-30(3)9-11-31)12-19(18)33(5-2)20(32)15-28-23(34)21-22(26)27-14-17(13-25)29-21/h6-7,12,14H,4-5,8-11,13,15H2,1-3H3,(H2-,26,27,28,34)/p+1. The zero-order valence-electron chi connectivity index (χ0n) is 20.4. The molecule has 0 unspecified atom stereocenters. The van der Waals surface area contributed by atoms with Crippen LogP contribution in [-0.2, 0) is 24.1 Å². The lowest BCUT2D eigenvalue weighted by Crippen LogP contribution is -2.47. The van der Waals surface area contributed by atoms with E-state index >= 15 is 0 Å². The van der Waals surface area contributed by atoms with E-state index in [1.807, 2.05) is 23.1 Å². The first-order valence-electron chi connectivity index (χ1n) is 11.9. The summed E-state index contributed by atoms with van der Waals surface area (Å²) in [6.07, 6.45) is 1.58. The van der Waals surface area contributed by atoms with Crippen molar-refractivity contribution in [3.05, 3.63) is 47.2 Å². The monoisotopic (exact) mass is 591 g/mol. The Labute approximate surface area is 218 Å². The Balaban J connectivity index is 1.63. The largest absolute Gasteiger partial charge is 0.382 e. The van der Waals surface area contributed by atoms with Crippen LogP contribution in [0.4, 0.5) is 5.82 Å². The first-order valence-corrected chi connectivity index (χ1v) is 13.4. The fourth-order valence-electron chi connectivity index (χ4n) is 4.52. The fraction of sp³-hybridized carbons (Fsp3) is 0.458. The fourth-order valence-corrected chi connectivity index (χ4v) is 4.89. The van der Waals surface area contributed by atoms with Gasteiger partial charge in [0.25, 0.3) is 17.6 Å². The van der Waals surface area contributed by atoms with Gasteiger partial charge < -0.3 is 20.9 Å². The smallest absolute Gasteiger partial charge is 0.277 e. The number of aromatic nitrogens is 4. The van der Waals surface area contributed by atoms with Crippen LogP contribution in [0.3, 0.4) is 0 Å². The number of alkyl halides is 1. The number of anilines is 1. The minimum atomic E-state index is -0.358. The number of likely N-dealkylation sites (N-methyl/N-ethyl adjacent to an activating group) is 1. The van der Waals surface area contributed by atoms with Gasteiger partial charge >= 0.3 is 0 Å². The number of nitrogen functional groups attached to an aromatic ring is 1. The Bertz CT molecular complexity index is 1250. The first kappa shape index (κ1) is 25.3. The molecule has 4 rings (SSSR count). The molecule has 35 heavy (non-hydrogen) atoms. The van der Waals surface area contributed by atoms with Crippen molar-refractivity contribution in [2.24, 2.45) is 0 Å². The summed E-state index contributed by atoms with van der Waals surface area (Å²) < 4.78 is 4.95. The van der Waals surface area contributed by atoms with Crippen molar-refractivity contribution < 1.29 is 14.2 Å². The van der Waals surface area contributed by atoms with Gasteiger partial charge in [-0.3, -0.25) is 9.59 Å². The van der Waals surface area contributed by atoms with Gasteiger partial charge in [-0.1, -0.05) is 22.6 Å². The average molecular weight is 591 g/mol. The molecule has 0 aliphatic carbocycles. The van der Waals surface area contributed by atoms with Crippen LogP contribution in [0.15, 0.2) is 24.4 Å². The summed E-state index contributed by atoms with van der Waals surface area (Å²) in [7, 11) is 2.08. The number of fused-ring (bicyclic) bond motifs is 1. The molecule has 1 aliphatic heterocycles. The summed E-state index contributed by atoms with van der Waals surface area (Å²) in [5, 5.41) is 2.97. The molecular formula is C24H32IN8O2+. The zero-order valence-corrected chi connectivity index (χ0v) is 22.6. The second-order valence-electron chi connectivity index (χ2n) is 8.62. The van der Waals surface area contributed by atoms with Crippen LogP contribution in [0, 0.1) is 0 Å². The van der Waals surface area contributed by atoms with Crippen LogP contribution in [0.25, 0.3) is 11.0 Å². The molecule has 0 saturated carbocycles. The lowest BCUT2D eigenvalue weighted by Gasteiger charge is -2.32. The van der Waals surface area contributed by atoms with Crippen molar-refractivity contribution in [2.75, 3.05) is 39.0 Å². The molecule has 0 radical (unpaired) electrons. The van der Waals surface area contributed by atoms with Gasteiger partial charge in [0.2, 0.25) is 0 Å². The highest BCUT2D eigenvalue weighted by Gasteiger charge is 2.27. The van der Waals surface area contributed by atoms with Crippen molar-refractivity contribution >= 4 is 51.3 Å². The van der Waals surface area contributed by atoms with Crippen molar-refractivity contribution in [2.45, 2.75) is 37.9 Å². The van der Waals surface area contributed by atoms with E-state index in [4.69, 9.17) is 5.73 Å². The highest BCUT2D eigenvalue weighted by atomic mass is 127. The lowest BCUT2D eigenvalue weighted by molar-refractivity contribution is -0.676. The molecule has 0 bridgehead atoms. The Morgan fingerprint density at radius 3 is 2.60 bits per heavy atom. The Morgan fingerprint density at radius 2 is 1.94 bits per heavy atom. The number of piperazine rings is 1. The van der Waals surface area contributed by atoms with Crippen LogP contribution >= 0.6 is 22.6 Å². The number of imidazole rings is 1. The predicted molar refractivity (Wildman–Crippen MR) is 142 cm³/mol. The van der Waals surface area contributed by atoms with Gasteiger partial charge in [-0.25, -0.2) is 19.1 Å². The summed E-state index contributed by atoms with van der Waals surface area (Å²) in [5.74, 6) is 0.760. The van der Waals surface area contributed by atoms with E-state index < -0.39 is 0 Å². The molecule has 3 heterocycles. The second-order valence-corrected chi connectivity index (χ2v) is 9.38. The molecule has 11 heteroatoms. The summed E-state index contributed by atoms with van der Waals surface area (Å²) in [6, 6.07) is 5.89. The number of aryl methyl sites for hydroxylation is 2. The first-order chi connectivity index (χ1) is 16.9. The van der Waals surface area contributed by atoms with E-state index in [1.165, 1.54) is 0 Å². The number of nitrogens with one attached hydrogen (secondary N) is 1. The molecular weight excluding hydrogens is 559 g/mol. The lowest BCUT2D eigenvalue weighted by atomic mass is 10.1. The summed E-state index contributed by atoms with van der Waals surface area (Å²) in [5.41, 5.74) is 9.45. The molecule has 1 aliphatic rings. The van der Waals surface area contributed by atoms with Crippen molar-refractivity contribution in [1.29, 1.82) is 0 Å². The molecule has 0 atom stereocenters. The molecule has 3 aromatic rings. The van der Waals surface area contributed by atoms with Crippen LogP contribution in [-0.4, -0.2) is 69.4 Å². The van der Waals surface area contributed by atoms with Gasteiger partial charge in [-0.2, -0.15) is 0 Å². The number of amides is 2. The van der Waals surface area contributed by atoms with E-state index in [0.717, 1.165) is 49.6 Å². The van der Waals surface area contributed by atoms with Crippen molar-refractivity contribution in [3.63, 3.8) is 0 Å². The number of carbonyl (C=O) groups excluding carboxylic acids is 2. The normalized spacial score (nSPS) is 14.5. The molecule has 186 valence electrons. The average Bonchev–Trinajstić information content (AvgIpc) is 3.19. The third-order valence-corrected chi connectivity index (χ3v) is 7.24. The summed E-state index contributed by atoms with van der Waals surface area (Å²) in [6.45, 7) is 9.10. The second kappa shape index (κ2) is 10.9. The maximum Gasteiger partial charge on any atom is 0.277 e. The highest BCUT2D eigenvalue weighted by molar-refractivity contribution is 14.1. The highest BCUT2D eigenvalue weighted by Crippen LogP contribution is 2.19. The van der Waals surface area contributed by atoms with Gasteiger partial charge in [0.05, 0.1) is 25.0 Å². The molecule has 3 N–H and O–H groups in total. The van der Waals surface area contributed by atoms with E-state index in [9.17, 15) is 9.59 Å². The molecule has 1 saturated heterocycles. The van der Waals surface area contributed by atoms with Crippen molar-refractivity contribution in [3.8, 4) is 0 Å². The Morgan fingerprint density at radius 1 is 1.20 bits per heavy atom. The number of carbonyl (C=O) groups is 2. The van der Waals surface area contributed by atoms with E-state index in [1.54, 1.807) is 6.20 Å². The quantitative estimate of drug-likeness (QED) is 0.245. The van der Waals surface area contributed by atoms with Crippen LogP contribution < -0.4 is 15.6 Å². The van der Waals surface area contributed by atoms with Gasteiger partial charge in [0.15, 0.2) is 22.5 Å². The molecule has 2 amide bonds. The molecule has 1 fully saturated rings. The minimum absolute atomic E-state index is 0.0611. The number of hydrogen-bond donors (Lipinski definition) is 2. The van der Waals surface area contributed by atoms with Crippen LogP contribution in [0.1, 0.15) is 46.2 Å². The van der Waals surface area contributed by atoms with E-state index in [2.05, 4.69) is 72.8 Å². The van der Waals surface area contributed by atoms with Crippen LogP contribution in [0.5, 0.6) is 0 Å². The third-order valence-electron chi connectivity index (χ3n) is 6.46. The third kappa shape index (κ3) is 5.10. The van der Waals surface area contributed by atoms with Crippen LogP contribution in [0.2, 0.25) is 0 Å². The van der Waals surface area contributed by atoms with Gasteiger partial charge in [-0.15, -0.1) is 0 Å². The predicted octanol–water partition coefficient (Wildman–Crippen LogP) is 1.59. The number of halogens is 1. The maximum absolute atomic E-state index is 13.2. The van der Waals surface area contributed by atoms with E-state index in [-0.39, 0.29) is 23.3 Å². The minimum Gasteiger partial charge on any atom is -0.382 e. The number of nitrogens with zero attached hydrogens (tertiary/aromatic N) is 6. The van der Waals surface area contributed by atoms with Gasteiger partial charge in [0, 0.05) is 42.2 Å². The zero-order chi connectivity index (χ0) is 25.1. The molecule has 2 aromatic heterocycles. The van der Waals surface area contributed by atoms with E-state index in [0.29, 0.717) is 28.8 Å². The van der Waals surface area contributed by atoms with Crippen molar-refractivity contribution in [1.82, 2.24) is 29.7 Å². The SMILES string of the molecule is CCn1c(CNC(=O)c2nc(CI)cnc2N)[n+](CC)c2ccc(C(=O)N3CCN(C)CC3)cc21. The maximum atomic E-state index is 13.2. The number of rotatable bonds is 7. The van der Waals surface area contributed by atoms with Gasteiger partial charge in [0.1, 0.15) is 6.54 Å². The number of benzene rings is 1. The topological polar surface area (TPSA) is 113 Å². The molecule has 10 nitrogen and oxygen atoms in total. The summed E-state index contributed by atoms with van der Waals surface area (Å²) in [4.78, 5) is 38.7. The Hall–Kier alpha value is -2.80. The van der Waals surface area contributed by atoms with Gasteiger partial charge in [-0.05, 0) is 33.0 Å². The summed E-state index contributed by atoms with van der Waals surface area (Å²) >= 11 is 2.17. The molecule has 0 spiro atoms.